The number of carbonyl (C=O) groups excluding carboxylic acids is 3. The predicted octanol–water partition coefficient (Wildman–Crippen LogP) is 4.39. The van der Waals surface area contributed by atoms with Gasteiger partial charge in [0.25, 0.3) is 0 Å². The van der Waals surface area contributed by atoms with Crippen molar-refractivity contribution in [2.75, 3.05) is 6.54 Å². The van der Waals surface area contributed by atoms with Crippen molar-refractivity contribution < 1.29 is 33.9 Å². The summed E-state index contributed by atoms with van der Waals surface area (Å²) >= 11 is 0. The predicted molar refractivity (Wildman–Crippen MR) is 168 cm³/mol. The van der Waals surface area contributed by atoms with Gasteiger partial charge in [-0.2, -0.15) is 0 Å². The van der Waals surface area contributed by atoms with E-state index >= 15 is 0 Å². The molecule has 2 aliphatic carbocycles. The smallest absolute Gasteiger partial charge is 0.408 e. The zero-order valence-electron chi connectivity index (χ0n) is 26.0. The molecule has 0 unspecified atom stereocenters. The number of oxime groups is 1. The number of hydrogen-bond donors (Lipinski definition) is 3. The van der Waals surface area contributed by atoms with Gasteiger partial charge < -0.3 is 30.2 Å². The average Bonchev–Trinajstić information content (AvgIpc) is 3.28. The second-order valence-electron chi connectivity index (χ2n) is 13.3. The highest BCUT2D eigenvalue weighted by atomic mass is 16.6. The first kappa shape index (κ1) is 32.0. The van der Waals surface area contributed by atoms with Crippen LogP contribution in [0.2, 0.25) is 0 Å². The van der Waals surface area contributed by atoms with Crippen molar-refractivity contribution in [3.05, 3.63) is 60.7 Å². The lowest BCUT2D eigenvalue weighted by Crippen LogP contribution is -2.59. The van der Waals surface area contributed by atoms with E-state index in [-0.39, 0.29) is 25.5 Å². The summed E-state index contributed by atoms with van der Waals surface area (Å²) in [5, 5.41) is 21.6. The highest BCUT2D eigenvalue weighted by Gasteiger charge is 2.61. The van der Waals surface area contributed by atoms with Gasteiger partial charge in [-0.05, 0) is 48.3 Å². The molecule has 2 saturated carbocycles. The summed E-state index contributed by atoms with van der Waals surface area (Å²) < 4.78 is 5.58. The monoisotopic (exact) mass is 618 g/mol. The van der Waals surface area contributed by atoms with Gasteiger partial charge >= 0.3 is 12.1 Å². The van der Waals surface area contributed by atoms with Gasteiger partial charge in [-0.1, -0.05) is 74.5 Å². The molecule has 3 aliphatic rings. The average molecular weight is 619 g/mol. The first-order valence-corrected chi connectivity index (χ1v) is 15.6. The molecule has 0 bridgehead atoms. The highest BCUT2D eigenvalue weighted by molar-refractivity contribution is 5.99. The quantitative estimate of drug-likeness (QED) is 0.203. The van der Waals surface area contributed by atoms with Crippen LogP contribution in [0, 0.1) is 11.3 Å². The van der Waals surface area contributed by atoms with Crippen molar-refractivity contribution in [2.45, 2.75) is 89.1 Å². The SMILES string of the molecule is C=C[C@@H]1C[C@@]1(NC(=O)[C@@H]1C[C@@H](O/N=C/c2cccc3ccccc23)CN1C(=O)[C@@H](NC(=O)OC1CCCC1)C(C)(C)C)C(=O)O. The molecular formula is C34H42N4O7. The Kier molecular flexibility index (Phi) is 9.18. The summed E-state index contributed by atoms with van der Waals surface area (Å²) in [6, 6.07) is 11.6. The lowest BCUT2D eigenvalue weighted by Gasteiger charge is -2.35. The number of fused-ring (bicyclic) bond motifs is 1. The third-order valence-corrected chi connectivity index (χ3v) is 9.05. The summed E-state index contributed by atoms with van der Waals surface area (Å²) in [5.41, 5.74) is -1.35. The van der Waals surface area contributed by atoms with E-state index in [0.29, 0.717) is 0 Å². The second-order valence-corrected chi connectivity index (χ2v) is 13.3. The Morgan fingerprint density at radius 3 is 2.47 bits per heavy atom. The largest absolute Gasteiger partial charge is 0.479 e. The third-order valence-electron chi connectivity index (χ3n) is 9.05. The lowest BCUT2D eigenvalue weighted by atomic mass is 9.85. The molecule has 1 saturated heterocycles. The maximum atomic E-state index is 14.2. The molecule has 3 fully saturated rings. The van der Waals surface area contributed by atoms with Crippen molar-refractivity contribution >= 4 is 40.9 Å². The van der Waals surface area contributed by atoms with Crippen LogP contribution in [0.3, 0.4) is 0 Å². The molecule has 1 aliphatic heterocycles. The van der Waals surface area contributed by atoms with Crippen LogP contribution >= 0.6 is 0 Å². The number of ether oxygens (including phenoxy) is 1. The van der Waals surface area contributed by atoms with Crippen LogP contribution in [0.5, 0.6) is 0 Å². The van der Waals surface area contributed by atoms with Crippen LogP contribution in [0.1, 0.15) is 64.9 Å². The van der Waals surface area contributed by atoms with Gasteiger partial charge in [-0.3, -0.25) is 9.59 Å². The maximum absolute atomic E-state index is 14.2. The minimum Gasteiger partial charge on any atom is -0.479 e. The molecule has 11 heteroatoms. The Hall–Kier alpha value is -4.41. The summed E-state index contributed by atoms with van der Waals surface area (Å²) in [7, 11) is 0. The first-order chi connectivity index (χ1) is 21.4. The van der Waals surface area contributed by atoms with Gasteiger partial charge in [-0.15, -0.1) is 6.58 Å². The summed E-state index contributed by atoms with van der Waals surface area (Å²) in [6.07, 6.45) is 5.42. The van der Waals surface area contributed by atoms with E-state index in [1.165, 1.54) is 11.0 Å². The number of carbonyl (C=O) groups is 4. The minimum atomic E-state index is -1.47. The summed E-state index contributed by atoms with van der Waals surface area (Å²) in [6.45, 7) is 9.15. The number of hydrogen-bond acceptors (Lipinski definition) is 7. The minimum absolute atomic E-state index is 0.0146. The second kappa shape index (κ2) is 12.9. The fourth-order valence-electron chi connectivity index (χ4n) is 6.34. The van der Waals surface area contributed by atoms with Gasteiger partial charge in [-0.25, -0.2) is 9.59 Å². The molecule has 3 N–H and O–H groups in total. The van der Waals surface area contributed by atoms with E-state index < -0.39 is 58.9 Å². The fraction of sp³-hybridized carbons (Fsp3) is 0.500. The number of alkyl carbamates (subject to hydrolysis) is 1. The van der Waals surface area contributed by atoms with Crippen molar-refractivity contribution in [3.63, 3.8) is 0 Å². The lowest BCUT2D eigenvalue weighted by molar-refractivity contribution is -0.146. The molecular weight excluding hydrogens is 576 g/mol. The number of aliphatic carboxylic acids is 1. The Labute approximate surface area is 263 Å². The highest BCUT2D eigenvalue weighted by Crippen LogP contribution is 2.45. The molecule has 45 heavy (non-hydrogen) atoms. The van der Waals surface area contributed by atoms with E-state index in [9.17, 15) is 24.3 Å². The Morgan fingerprint density at radius 2 is 1.80 bits per heavy atom. The van der Waals surface area contributed by atoms with E-state index in [1.54, 1.807) is 6.21 Å². The van der Waals surface area contributed by atoms with Crippen LogP contribution in [-0.2, 0) is 24.0 Å². The molecule has 3 amide bonds. The molecule has 2 aromatic rings. The third kappa shape index (κ3) is 6.97. The summed E-state index contributed by atoms with van der Waals surface area (Å²) in [4.78, 5) is 60.0. The van der Waals surface area contributed by atoms with Gasteiger partial charge in [0.05, 0.1) is 12.8 Å². The Bertz CT molecular complexity index is 1490. The number of benzene rings is 2. The number of carboxylic acids is 1. The topological polar surface area (TPSA) is 147 Å². The molecule has 5 atom stereocenters. The van der Waals surface area contributed by atoms with E-state index in [2.05, 4.69) is 22.4 Å². The Balaban J connectivity index is 1.36. The van der Waals surface area contributed by atoms with Crippen LogP contribution in [0.4, 0.5) is 4.79 Å². The standard InChI is InChI=1S/C34H42N4O7/c1-5-23-18-34(23,31(41)42)37-29(39)27-17-25(45-35-19-22-13-10-12-21-11-6-9-16-26(21)22)20-38(27)30(40)28(33(2,3)4)36-32(43)44-24-14-7-8-15-24/h5-6,9-13,16,19,23-25,27-28H,1,7-8,14-15,17-18,20H2,2-4H3,(H,36,43)(H,37,39)(H,41,42)/b35-19+/t23-,25-,27+,28-,34+/m1/s1. The maximum Gasteiger partial charge on any atom is 0.408 e. The number of carboxylic acid groups (broad SMARTS) is 1. The van der Waals surface area contributed by atoms with Crippen molar-refractivity contribution in [1.82, 2.24) is 15.5 Å². The van der Waals surface area contributed by atoms with Gasteiger partial charge in [0.1, 0.15) is 29.8 Å². The number of amides is 3. The molecule has 1 heterocycles. The van der Waals surface area contributed by atoms with Crippen molar-refractivity contribution in [3.8, 4) is 0 Å². The van der Waals surface area contributed by atoms with Gasteiger partial charge in [0.2, 0.25) is 11.8 Å². The molecule has 0 aromatic heterocycles. The summed E-state index contributed by atoms with van der Waals surface area (Å²) in [5.74, 6) is -2.68. The molecule has 0 spiro atoms. The first-order valence-electron chi connectivity index (χ1n) is 15.6. The van der Waals surface area contributed by atoms with Crippen molar-refractivity contribution in [1.29, 1.82) is 0 Å². The molecule has 11 nitrogen and oxygen atoms in total. The van der Waals surface area contributed by atoms with E-state index in [1.807, 2.05) is 63.2 Å². The number of nitrogens with zero attached hydrogens (tertiary/aromatic N) is 2. The van der Waals surface area contributed by atoms with Crippen LogP contribution in [0.25, 0.3) is 10.8 Å². The fourth-order valence-corrected chi connectivity index (χ4v) is 6.34. The molecule has 5 rings (SSSR count). The number of nitrogens with one attached hydrogen (secondary N) is 2. The molecule has 2 aromatic carbocycles. The molecule has 0 radical (unpaired) electrons. The number of rotatable bonds is 10. The van der Waals surface area contributed by atoms with Gasteiger partial charge in [0, 0.05) is 17.9 Å². The number of likely N-dealkylation sites (tertiary alicyclic amines) is 1. The van der Waals surface area contributed by atoms with E-state index in [4.69, 9.17) is 9.57 Å². The molecule has 240 valence electrons. The van der Waals surface area contributed by atoms with Crippen LogP contribution < -0.4 is 10.6 Å². The van der Waals surface area contributed by atoms with E-state index in [0.717, 1.165) is 42.0 Å². The normalized spacial score (nSPS) is 25.6. The van der Waals surface area contributed by atoms with Crippen molar-refractivity contribution in [2.24, 2.45) is 16.5 Å². The zero-order valence-corrected chi connectivity index (χ0v) is 26.0. The van der Waals surface area contributed by atoms with Crippen LogP contribution in [0.15, 0.2) is 60.3 Å². The van der Waals surface area contributed by atoms with Gasteiger partial charge in [0.15, 0.2) is 0 Å². The zero-order chi connectivity index (χ0) is 32.4. The van der Waals surface area contributed by atoms with Crippen LogP contribution in [-0.4, -0.2) is 76.5 Å². The Morgan fingerprint density at radius 1 is 1.09 bits per heavy atom.